The van der Waals surface area contributed by atoms with E-state index in [0.29, 0.717) is 18.2 Å². The van der Waals surface area contributed by atoms with Crippen LogP contribution in [0, 0.1) is 13.8 Å². The number of likely N-dealkylation sites (N-methyl/N-ethyl adjacent to an activating group) is 1. The predicted molar refractivity (Wildman–Crippen MR) is 57.0 cm³/mol. The SMILES string of the molecule is CCN(CC(=O)O)c1cc(C)nc(C)n1. The molecule has 1 N–H and O–H groups in total. The topological polar surface area (TPSA) is 66.3 Å². The summed E-state index contributed by atoms with van der Waals surface area (Å²) in [5.41, 5.74) is 0.848. The van der Waals surface area contributed by atoms with Crippen molar-refractivity contribution in [2.24, 2.45) is 0 Å². The number of carboxylic acid groups (broad SMARTS) is 1. The van der Waals surface area contributed by atoms with E-state index >= 15 is 0 Å². The highest BCUT2D eigenvalue weighted by atomic mass is 16.4. The summed E-state index contributed by atoms with van der Waals surface area (Å²) in [6.07, 6.45) is 0. The molecule has 1 aromatic rings. The highest BCUT2D eigenvalue weighted by Gasteiger charge is 2.10. The molecule has 0 atom stereocenters. The fourth-order valence-corrected chi connectivity index (χ4v) is 1.38. The molecule has 0 spiro atoms. The first-order valence-electron chi connectivity index (χ1n) is 4.82. The van der Waals surface area contributed by atoms with Crippen LogP contribution in [0.1, 0.15) is 18.4 Å². The second-order valence-corrected chi connectivity index (χ2v) is 3.32. The Hall–Kier alpha value is -1.65. The highest BCUT2D eigenvalue weighted by molar-refractivity contribution is 5.73. The predicted octanol–water partition coefficient (Wildman–Crippen LogP) is 1.00. The molecule has 82 valence electrons. The van der Waals surface area contributed by atoms with Crippen LogP contribution < -0.4 is 4.90 Å². The lowest BCUT2D eigenvalue weighted by molar-refractivity contribution is -0.135. The van der Waals surface area contributed by atoms with Crippen LogP contribution in [0.5, 0.6) is 0 Å². The molecule has 0 saturated heterocycles. The molecule has 0 unspecified atom stereocenters. The lowest BCUT2D eigenvalue weighted by Gasteiger charge is -2.19. The van der Waals surface area contributed by atoms with E-state index in [1.807, 2.05) is 13.8 Å². The molecule has 0 radical (unpaired) electrons. The molecule has 0 aliphatic rings. The highest BCUT2D eigenvalue weighted by Crippen LogP contribution is 2.11. The summed E-state index contributed by atoms with van der Waals surface area (Å²) in [5.74, 6) is 0.476. The quantitative estimate of drug-likeness (QED) is 0.801. The maximum absolute atomic E-state index is 10.6. The number of aryl methyl sites for hydroxylation is 2. The summed E-state index contributed by atoms with van der Waals surface area (Å²) < 4.78 is 0. The smallest absolute Gasteiger partial charge is 0.323 e. The van der Waals surface area contributed by atoms with E-state index in [4.69, 9.17) is 5.11 Å². The zero-order valence-electron chi connectivity index (χ0n) is 9.19. The molecular weight excluding hydrogens is 194 g/mol. The molecule has 15 heavy (non-hydrogen) atoms. The van der Waals surface area contributed by atoms with Gasteiger partial charge in [0.1, 0.15) is 18.2 Å². The molecule has 1 aromatic heterocycles. The first kappa shape index (κ1) is 11.4. The monoisotopic (exact) mass is 209 g/mol. The summed E-state index contributed by atoms with van der Waals surface area (Å²) in [7, 11) is 0. The summed E-state index contributed by atoms with van der Waals surface area (Å²) in [6.45, 7) is 6.14. The van der Waals surface area contributed by atoms with Gasteiger partial charge in [-0.25, -0.2) is 9.97 Å². The Balaban J connectivity index is 2.95. The molecule has 1 heterocycles. The van der Waals surface area contributed by atoms with E-state index in [2.05, 4.69) is 9.97 Å². The summed E-state index contributed by atoms with van der Waals surface area (Å²) in [6, 6.07) is 1.79. The van der Waals surface area contributed by atoms with Crippen LogP contribution in [0.2, 0.25) is 0 Å². The van der Waals surface area contributed by atoms with Gasteiger partial charge in [-0.05, 0) is 20.8 Å². The van der Waals surface area contributed by atoms with Gasteiger partial charge in [-0.1, -0.05) is 0 Å². The van der Waals surface area contributed by atoms with Crippen molar-refractivity contribution in [3.05, 3.63) is 17.6 Å². The van der Waals surface area contributed by atoms with Crippen LogP contribution in [0.15, 0.2) is 6.07 Å². The van der Waals surface area contributed by atoms with E-state index in [-0.39, 0.29) is 6.54 Å². The normalized spacial score (nSPS) is 10.1. The summed E-state index contributed by atoms with van der Waals surface area (Å²) in [5, 5.41) is 8.73. The molecule has 5 nitrogen and oxygen atoms in total. The number of carbonyl (C=O) groups is 1. The number of carboxylic acids is 1. The molecule has 0 saturated carbocycles. The molecular formula is C10H15N3O2. The van der Waals surface area contributed by atoms with Gasteiger partial charge in [0.25, 0.3) is 0 Å². The maximum Gasteiger partial charge on any atom is 0.323 e. The third-order valence-electron chi connectivity index (χ3n) is 1.98. The van der Waals surface area contributed by atoms with Crippen molar-refractivity contribution in [1.82, 2.24) is 9.97 Å². The maximum atomic E-state index is 10.6. The first-order valence-corrected chi connectivity index (χ1v) is 4.82. The standard InChI is InChI=1S/C10H15N3O2/c1-4-13(6-10(14)15)9-5-7(2)11-8(3)12-9/h5H,4,6H2,1-3H3,(H,14,15). The molecule has 0 fully saturated rings. The van der Waals surface area contributed by atoms with E-state index in [1.165, 1.54) is 0 Å². The molecule has 1 rings (SSSR count). The molecule has 0 aliphatic heterocycles. The van der Waals surface area contributed by atoms with Gasteiger partial charge in [0, 0.05) is 18.3 Å². The van der Waals surface area contributed by atoms with Crippen molar-refractivity contribution in [3.8, 4) is 0 Å². The van der Waals surface area contributed by atoms with E-state index in [1.54, 1.807) is 17.9 Å². The van der Waals surface area contributed by atoms with Crippen LogP contribution in [-0.4, -0.2) is 34.1 Å². The lowest BCUT2D eigenvalue weighted by Crippen LogP contribution is -2.30. The molecule has 0 bridgehead atoms. The van der Waals surface area contributed by atoms with Crippen LogP contribution >= 0.6 is 0 Å². The van der Waals surface area contributed by atoms with Crippen molar-refractivity contribution in [2.75, 3.05) is 18.0 Å². The number of anilines is 1. The number of aliphatic carboxylic acids is 1. The minimum atomic E-state index is -0.856. The van der Waals surface area contributed by atoms with Gasteiger partial charge in [-0.2, -0.15) is 0 Å². The van der Waals surface area contributed by atoms with Crippen LogP contribution in [-0.2, 0) is 4.79 Å². The van der Waals surface area contributed by atoms with Gasteiger partial charge < -0.3 is 10.0 Å². The Morgan fingerprint density at radius 1 is 1.47 bits per heavy atom. The third kappa shape index (κ3) is 3.19. The molecule has 0 amide bonds. The lowest BCUT2D eigenvalue weighted by atomic mass is 10.3. The van der Waals surface area contributed by atoms with Crippen molar-refractivity contribution in [2.45, 2.75) is 20.8 Å². The van der Waals surface area contributed by atoms with Crippen molar-refractivity contribution < 1.29 is 9.90 Å². The van der Waals surface area contributed by atoms with Crippen LogP contribution in [0.3, 0.4) is 0 Å². The van der Waals surface area contributed by atoms with Crippen molar-refractivity contribution >= 4 is 11.8 Å². The minimum Gasteiger partial charge on any atom is -0.480 e. The van der Waals surface area contributed by atoms with E-state index in [9.17, 15) is 4.79 Å². The number of hydrogen-bond donors (Lipinski definition) is 1. The largest absolute Gasteiger partial charge is 0.480 e. The second kappa shape index (κ2) is 4.72. The number of aromatic nitrogens is 2. The van der Waals surface area contributed by atoms with Crippen LogP contribution in [0.4, 0.5) is 5.82 Å². The number of hydrogen-bond acceptors (Lipinski definition) is 4. The number of rotatable bonds is 4. The first-order chi connectivity index (χ1) is 7.02. The Labute approximate surface area is 88.8 Å². The summed E-state index contributed by atoms with van der Waals surface area (Å²) >= 11 is 0. The average molecular weight is 209 g/mol. The Morgan fingerprint density at radius 3 is 2.60 bits per heavy atom. The van der Waals surface area contributed by atoms with Crippen molar-refractivity contribution in [1.29, 1.82) is 0 Å². The Kier molecular flexibility index (Phi) is 3.60. The Bertz CT molecular complexity index is 345. The van der Waals surface area contributed by atoms with E-state index in [0.717, 1.165) is 5.69 Å². The average Bonchev–Trinajstić information content (AvgIpc) is 2.12. The third-order valence-corrected chi connectivity index (χ3v) is 1.98. The zero-order valence-corrected chi connectivity index (χ0v) is 9.19. The second-order valence-electron chi connectivity index (χ2n) is 3.32. The summed E-state index contributed by atoms with van der Waals surface area (Å²) in [4.78, 5) is 20.7. The van der Waals surface area contributed by atoms with Gasteiger partial charge in [-0.15, -0.1) is 0 Å². The van der Waals surface area contributed by atoms with Gasteiger partial charge in [0.05, 0.1) is 0 Å². The molecule has 0 aromatic carbocycles. The molecule has 5 heteroatoms. The van der Waals surface area contributed by atoms with Gasteiger partial charge in [-0.3, -0.25) is 4.79 Å². The van der Waals surface area contributed by atoms with Gasteiger partial charge in [0.2, 0.25) is 0 Å². The van der Waals surface area contributed by atoms with E-state index < -0.39 is 5.97 Å². The van der Waals surface area contributed by atoms with Gasteiger partial charge >= 0.3 is 5.97 Å². The minimum absolute atomic E-state index is 0.0353. The number of nitrogens with zero attached hydrogens (tertiary/aromatic N) is 3. The Morgan fingerprint density at radius 2 is 2.13 bits per heavy atom. The van der Waals surface area contributed by atoms with Crippen molar-refractivity contribution in [3.63, 3.8) is 0 Å². The fourth-order valence-electron chi connectivity index (χ4n) is 1.38. The van der Waals surface area contributed by atoms with Crippen LogP contribution in [0.25, 0.3) is 0 Å². The van der Waals surface area contributed by atoms with Gasteiger partial charge in [0.15, 0.2) is 0 Å². The fraction of sp³-hybridized carbons (Fsp3) is 0.500. The zero-order chi connectivity index (χ0) is 11.4. The molecule has 0 aliphatic carbocycles.